The number of carboxylic acids is 1. The lowest BCUT2D eigenvalue weighted by Crippen LogP contribution is -2.65. The summed E-state index contributed by atoms with van der Waals surface area (Å²) in [6.07, 6.45) is 7.03. The number of carbonyl (C=O) groups is 1. The lowest BCUT2D eigenvalue weighted by atomic mass is 9.36. The summed E-state index contributed by atoms with van der Waals surface area (Å²) in [4.78, 5) is 11.7. The van der Waals surface area contributed by atoms with Crippen LogP contribution in [0.1, 0.15) is 93.4 Å². The van der Waals surface area contributed by atoms with Crippen molar-refractivity contribution in [2.24, 2.45) is 38.9 Å². The number of carboxylic acid groups (broad SMARTS) is 1. The first-order chi connectivity index (χ1) is 16.4. The van der Waals surface area contributed by atoms with Crippen molar-refractivity contribution in [2.75, 3.05) is 6.61 Å². The van der Waals surface area contributed by atoms with Gasteiger partial charge in [0.05, 0.1) is 24.4 Å². The van der Waals surface area contributed by atoms with E-state index in [9.17, 15) is 30.3 Å². The predicted molar refractivity (Wildman–Crippen MR) is 139 cm³/mol. The second-order valence-electron chi connectivity index (χ2n) is 14.6. The molecule has 6 nitrogen and oxygen atoms in total. The fraction of sp³-hybridized carbons (Fsp3) is 0.833. The zero-order chi connectivity index (χ0) is 27.1. The molecule has 0 aliphatic heterocycles. The van der Waals surface area contributed by atoms with E-state index in [1.54, 1.807) is 6.92 Å². The molecule has 0 aromatic rings. The van der Waals surface area contributed by atoms with Crippen molar-refractivity contribution >= 4 is 5.97 Å². The van der Waals surface area contributed by atoms with Gasteiger partial charge in [-0.15, -0.1) is 0 Å². The summed E-state index contributed by atoms with van der Waals surface area (Å²) < 4.78 is 0. The summed E-state index contributed by atoms with van der Waals surface area (Å²) in [7, 11) is 0. The van der Waals surface area contributed by atoms with E-state index in [1.165, 1.54) is 5.57 Å². The van der Waals surface area contributed by atoms with E-state index in [1.807, 2.05) is 0 Å². The van der Waals surface area contributed by atoms with Crippen LogP contribution in [0.15, 0.2) is 23.3 Å². The van der Waals surface area contributed by atoms with Gasteiger partial charge >= 0.3 is 5.97 Å². The minimum absolute atomic E-state index is 0.0133. The molecule has 0 bridgehead atoms. The van der Waals surface area contributed by atoms with Crippen molar-refractivity contribution in [1.82, 2.24) is 0 Å². The second kappa shape index (κ2) is 8.39. The minimum atomic E-state index is -1.33. The Labute approximate surface area is 216 Å². The lowest BCUT2D eigenvalue weighted by Gasteiger charge is -2.68. The average Bonchev–Trinajstić information content (AvgIpc) is 2.75. The third kappa shape index (κ3) is 3.69. The van der Waals surface area contributed by atoms with E-state index >= 15 is 0 Å². The van der Waals surface area contributed by atoms with Crippen LogP contribution in [0.3, 0.4) is 0 Å². The molecule has 0 spiro atoms. The first-order valence-corrected chi connectivity index (χ1v) is 13.7. The van der Waals surface area contributed by atoms with Gasteiger partial charge < -0.3 is 25.5 Å². The Hall–Kier alpha value is -1.21. The normalized spacial score (nSPS) is 47.4. The van der Waals surface area contributed by atoms with Crippen molar-refractivity contribution < 1.29 is 30.3 Å². The number of hydrogen-bond donors (Lipinski definition) is 5. The zero-order valence-corrected chi connectivity index (χ0v) is 23.3. The van der Waals surface area contributed by atoms with Gasteiger partial charge in [-0.25, -0.2) is 0 Å². The van der Waals surface area contributed by atoms with E-state index in [4.69, 9.17) is 0 Å². The van der Waals surface area contributed by atoms with Crippen molar-refractivity contribution in [3.63, 3.8) is 0 Å². The van der Waals surface area contributed by atoms with Crippen LogP contribution in [0.2, 0.25) is 0 Å². The maximum Gasteiger partial charge on any atom is 0.303 e. The van der Waals surface area contributed by atoms with E-state index in [2.05, 4.69) is 53.7 Å². The van der Waals surface area contributed by atoms with Crippen molar-refractivity contribution in [3.05, 3.63) is 23.3 Å². The fourth-order valence-electron chi connectivity index (χ4n) is 9.34. The van der Waals surface area contributed by atoms with Gasteiger partial charge in [0.1, 0.15) is 0 Å². The fourth-order valence-corrected chi connectivity index (χ4v) is 9.34. The van der Waals surface area contributed by atoms with Crippen LogP contribution >= 0.6 is 0 Å². The quantitative estimate of drug-likeness (QED) is 0.377. The van der Waals surface area contributed by atoms with Gasteiger partial charge in [-0.05, 0) is 79.1 Å². The highest BCUT2D eigenvalue weighted by molar-refractivity contribution is 5.66. The predicted octanol–water partition coefficient (Wildman–Crippen LogP) is 4.46. The van der Waals surface area contributed by atoms with Gasteiger partial charge in [0, 0.05) is 17.3 Å². The van der Waals surface area contributed by atoms with Crippen LogP contribution < -0.4 is 0 Å². The second-order valence-corrected chi connectivity index (χ2v) is 14.6. The number of allylic oxidation sites excluding steroid dienone is 2. The summed E-state index contributed by atoms with van der Waals surface area (Å²) in [5.74, 6) is -1.24. The molecule has 0 radical (unpaired) electrons. The number of fused-ring (bicyclic) bond motifs is 4. The number of aliphatic hydroxyl groups is 4. The molecule has 4 aliphatic rings. The van der Waals surface area contributed by atoms with Gasteiger partial charge in [-0.1, -0.05) is 59.3 Å². The SMILES string of the molecule is CC1(C)CC2=C3C=C[C@@H]4[C@@](C)(CCC(=O)O)[C@H]([C@](C)(O)CO)CC[C@@]4(C)[C@]3(C)[C@@H](O)C[C@@]2(C)[C@H](O)C1. The molecule has 6 heteroatoms. The van der Waals surface area contributed by atoms with E-state index in [-0.39, 0.29) is 35.7 Å². The minimum Gasteiger partial charge on any atom is -0.481 e. The topological polar surface area (TPSA) is 118 Å². The van der Waals surface area contributed by atoms with E-state index in [0.29, 0.717) is 25.7 Å². The van der Waals surface area contributed by atoms with Crippen LogP contribution in [-0.2, 0) is 4.79 Å². The van der Waals surface area contributed by atoms with Crippen LogP contribution in [0.5, 0.6) is 0 Å². The molecule has 4 aliphatic carbocycles. The standard InChI is InChI=1S/C30H48O6/c1-25(2)14-19-18-8-9-20-26(3,12-11-24(34)35)21(29(6,36)17-31)10-13-28(20,5)30(18,7)23(33)16-27(19,4)22(32)15-25/h8-9,20-23,31-33,36H,10-17H2,1-7H3,(H,34,35)/t20-,21-,22-,23+,26-,27-,28-,29-,30+/m1/s1. The molecule has 0 unspecified atom stereocenters. The summed E-state index contributed by atoms with van der Waals surface area (Å²) in [6, 6.07) is 0. The molecule has 9 atom stereocenters. The molecule has 2 fully saturated rings. The van der Waals surface area contributed by atoms with Gasteiger partial charge in [0.15, 0.2) is 0 Å². The highest BCUT2D eigenvalue weighted by Gasteiger charge is 2.68. The van der Waals surface area contributed by atoms with Gasteiger partial charge in [0.2, 0.25) is 0 Å². The Morgan fingerprint density at radius 2 is 1.72 bits per heavy atom. The monoisotopic (exact) mass is 504 g/mol. The Morgan fingerprint density at radius 3 is 2.31 bits per heavy atom. The van der Waals surface area contributed by atoms with Crippen LogP contribution in [0, 0.1) is 38.9 Å². The van der Waals surface area contributed by atoms with Gasteiger partial charge in [-0.3, -0.25) is 4.79 Å². The molecule has 0 aromatic carbocycles. The molecule has 5 N–H and O–H groups in total. The molecular weight excluding hydrogens is 456 g/mol. The maximum atomic E-state index is 11.9. The maximum absolute atomic E-state index is 11.9. The van der Waals surface area contributed by atoms with Crippen molar-refractivity contribution in [2.45, 2.75) is 111 Å². The highest BCUT2D eigenvalue weighted by Crippen LogP contribution is 2.72. The Kier molecular flexibility index (Phi) is 6.49. The number of rotatable bonds is 5. The van der Waals surface area contributed by atoms with Crippen LogP contribution in [0.4, 0.5) is 0 Å². The van der Waals surface area contributed by atoms with E-state index in [0.717, 1.165) is 18.4 Å². The molecule has 2 saturated carbocycles. The molecule has 0 heterocycles. The third-order valence-corrected chi connectivity index (χ3v) is 11.7. The summed E-state index contributed by atoms with van der Waals surface area (Å²) in [5.41, 5.74) is -0.982. The number of aliphatic carboxylic acids is 1. The van der Waals surface area contributed by atoms with Gasteiger partial charge in [-0.2, -0.15) is 0 Å². The average molecular weight is 505 g/mol. The molecule has 0 saturated heterocycles. The van der Waals surface area contributed by atoms with Crippen LogP contribution in [-0.4, -0.2) is 55.9 Å². The Balaban J connectivity index is 1.93. The van der Waals surface area contributed by atoms with E-state index < -0.39 is 40.0 Å². The zero-order valence-electron chi connectivity index (χ0n) is 23.3. The molecule has 204 valence electrons. The summed E-state index contributed by atoms with van der Waals surface area (Å²) in [5, 5.41) is 54.1. The smallest absolute Gasteiger partial charge is 0.303 e. The van der Waals surface area contributed by atoms with Crippen LogP contribution in [0.25, 0.3) is 0 Å². The summed E-state index contributed by atoms with van der Waals surface area (Å²) >= 11 is 0. The highest BCUT2D eigenvalue weighted by atomic mass is 16.4. The molecule has 36 heavy (non-hydrogen) atoms. The van der Waals surface area contributed by atoms with Gasteiger partial charge in [0.25, 0.3) is 0 Å². The Bertz CT molecular complexity index is 980. The van der Waals surface area contributed by atoms with Crippen molar-refractivity contribution in [1.29, 1.82) is 0 Å². The number of aliphatic hydroxyl groups excluding tert-OH is 3. The van der Waals surface area contributed by atoms with Crippen molar-refractivity contribution in [3.8, 4) is 0 Å². The largest absolute Gasteiger partial charge is 0.481 e. The molecular formula is C30H48O6. The Morgan fingerprint density at radius 1 is 1.08 bits per heavy atom. The first kappa shape index (κ1) is 27.8. The first-order valence-electron chi connectivity index (χ1n) is 13.7. The molecule has 0 amide bonds. The summed E-state index contributed by atoms with van der Waals surface area (Å²) in [6.45, 7) is 14.3. The molecule has 4 rings (SSSR count). The number of hydrogen-bond acceptors (Lipinski definition) is 5. The molecule has 0 aromatic heterocycles. The lowest BCUT2D eigenvalue weighted by molar-refractivity contribution is -0.194. The third-order valence-electron chi connectivity index (χ3n) is 11.7.